The van der Waals surface area contributed by atoms with Crippen LogP contribution in [0.1, 0.15) is 5.56 Å². The van der Waals surface area contributed by atoms with E-state index in [4.69, 9.17) is 11.6 Å². The number of amides is 1. The number of thiophene rings is 1. The average Bonchev–Trinajstić information content (AvgIpc) is 3.06. The summed E-state index contributed by atoms with van der Waals surface area (Å²) >= 11 is 6.76. The van der Waals surface area contributed by atoms with Crippen LogP contribution < -0.4 is 5.56 Å². The van der Waals surface area contributed by atoms with E-state index in [0.717, 1.165) is 33.1 Å². The number of carbonyl (C=O) groups excluding carboxylic acids is 1. The summed E-state index contributed by atoms with van der Waals surface area (Å²) in [6.45, 7) is -2.00. The number of hydrogen-bond acceptors (Lipinski definition) is 4. The van der Waals surface area contributed by atoms with Crippen molar-refractivity contribution in [2.45, 2.75) is 18.6 Å². The third kappa shape index (κ3) is 3.67. The predicted molar refractivity (Wildman–Crippen MR) is 101 cm³/mol. The summed E-state index contributed by atoms with van der Waals surface area (Å²) < 4.78 is 66.7. The van der Waals surface area contributed by atoms with Crippen LogP contribution in [0, 0.1) is 0 Å². The first kappa shape index (κ1) is 20.7. The van der Waals surface area contributed by atoms with Gasteiger partial charge in [-0.15, -0.1) is 11.3 Å². The number of likely N-dealkylation sites (tertiary alicyclic amines) is 1. The molecule has 0 radical (unpaired) electrons. The lowest BCUT2D eigenvalue weighted by atomic mass is 10.0. The minimum Gasteiger partial charge on any atom is -0.329 e. The van der Waals surface area contributed by atoms with Crippen LogP contribution in [0.3, 0.4) is 0 Å². The summed E-state index contributed by atoms with van der Waals surface area (Å²) in [6.07, 6.45) is -3.37. The van der Waals surface area contributed by atoms with Crippen molar-refractivity contribution in [1.29, 1.82) is 0 Å². The van der Waals surface area contributed by atoms with Gasteiger partial charge in [0.15, 0.2) is 0 Å². The zero-order valence-corrected chi connectivity index (χ0v) is 16.4. The third-order valence-corrected chi connectivity index (χ3v) is 5.89. The summed E-state index contributed by atoms with van der Waals surface area (Å²) in [5.41, 5.74) is -1.38. The van der Waals surface area contributed by atoms with Crippen LogP contribution in [0.15, 0.2) is 34.6 Å². The molecule has 0 saturated carbocycles. The summed E-state index contributed by atoms with van der Waals surface area (Å²) in [4.78, 5) is 25.9. The van der Waals surface area contributed by atoms with Gasteiger partial charge in [0, 0.05) is 10.9 Å². The standard InChI is InChI=1S/C18H11ClF5N3O2S/c19-12-2-1-9(3-11(12)18(22,23)24)10-6-30-13-4-25-27(16(29)15(10)13)5-14(28)26-7-17(20,21)8-26/h1-4,6H,5,7-8H2. The zero-order valence-electron chi connectivity index (χ0n) is 14.8. The molecule has 0 bridgehead atoms. The maximum Gasteiger partial charge on any atom is 0.417 e. The number of nitrogens with zero attached hydrogens (tertiary/aromatic N) is 3. The second-order valence-corrected chi connectivity index (χ2v) is 8.11. The Hall–Kier alpha value is -2.53. The largest absolute Gasteiger partial charge is 0.417 e. The number of hydrogen-bond donors (Lipinski definition) is 0. The van der Waals surface area contributed by atoms with Gasteiger partial charge in [-0.05, 0) is 17.7 Å². The Morgan fingerprint density at radius 2 is 1.97 bits per heavy atom. The molecule has 4 rings (SSSR count). The number of alkyl halides is 5. The Labute approximate surface area is 174 Å². The highest BCUT2D eigenvalue weighted by Crippen LogP contribution is 2.39. The van der Waals surface area contributed by atoms with Gasteiger partial charge < -0.3 is 4.90 Å². The normalized spacial score (nSPS) is 16.0. The molecule has 30 heavy (non-hydrogen) atoms. The quantitative estimate of drug-likeness (QED) is 0.545. The van der Waals surface area contributed by atoms with Crippen LogP contribution in [-0.4, -0.2) is 39.6 Å². The van der Waals surface area contributed by atoms with E-state index in [1.54, 1.807) is 0 Å². The van der Waals surface area contributed by atoms with Gasteiger partial charge in [0.05, 0.1) is 40.0 Å². The maximum absolute atomic E-state index is 13.2. The summed E-state index contributed by atoms with van der Waals surface area (Å²) in [6, 6.07) is 3.30. The van der Waals surface area contributed by atoms with E-state index >= 15 is 0 Å². The summed E-state index contributed by atoms with van der Waals surface area (Å²) in [5, 5.41) is 5.01. The van der Waals surface area contributed by atoms with Gasteiger partial charge in [0.2, 0.25) is 5.91 Å². The molecule has 158 valence electrons. The minimum atomic E-state index is -4.67. The highest BCUT2D eigenvalue weighted by Gasteiger charge is 2.46. The Balaban J connectivity index is 1.73. The third-order valence-electron chi connectivity index (χ3n) is 4.65. The zero-order chi connectivity index (χ0) is 21.8. The van der Waals surface area contributed by atoms with Gasteiger partial charge in [0.25, 0.3) is 11.5 Å². The molecule has 3 aromatic rings. The van der Waals surface area contributed by atoms with Crippen molar-refractivity contribution < 1.29 is 26.7 Å². The second-order valence-electron chi connectivity index (χ2n) is 6.79. The van der Waals surface area contributed by atoms with Crippen molar-refractivity contribution in [1.82, 2.24) is 14.7 Å². The molecule has 0 atom stereocenters. The molecular weight excluding hydrogens is 453 g/mol. The van der Waals surface area contributed by atoms with Gasteiger partial charge in [-0.2, -0.15) is 18.3 Å². The molecule has 0 spiro atoms. The lowest BCUT2D eigenvalue weighted by Gasteiger charge is -2.38. The minimum absolute atomic E-state index is 0.0900. The number of rotatable bonds is 3. The lowest BCUT2D eigenvalue weighted by molar-refractivity contribution is -0.166. The molecule has 1 saturated heterocycles. The van der Waals surface area contributed by atoms with E-state index < -0.39 is 53.8 Å². The first-order valence-corrected chi connectivity index (χ1v) is 9.72. The number of carbonyl (C=O) groups is 1. The predicted octanol–water partition coefficient (Wildman–Crippen LogP) is 4.27. The SMILES string of the molecule is O=C(Cn1ncc2scc(-c3ccc(Cl)c(C(F)(F)F)c3)c2c1=O)N1CC(F)(F)C1. The van der Waals surface area contributed by atoms with E-state index in [2.05, 4.69) is 5.10 Å². The molecule has 0 aliphatic carbocycles. The van der Waals surface area contributed by atoms with Crippen molar-refractivity contribution in [2.24, 2.45) is 0 Å². The van der Waals surface area contributed by atoms with Gasteiger partial charge in [0.1, 0.15) is 6.54 Å². The Morgan fingerprint density at radius 3 is 2.60 bits per heavy atom. The highest BCUT2D eigenvalue weighted by molar-refractivity contribution is 7.17. The lowest BCUT2D eigenvalue weighted by Crippen LogP contribution is -2.59. The monoisotopic (exact) mass is 463 g/mol. The van der Waals surface area contributed by atoms with Gasteiger partial charge >= 0.3 is 6.18 Å². The van der Waals surface area contributed by atoms with Crippen LogP contribution >= 0.6 is 22.9 Å². The second kappa shape index (κ2) is 7.02. The van der Waals surface area contributed by atoms with Gasteiger partial charge in [-0.25, -0.2) is 13.5 Å². The fraction of sp³-hybridized carbons (Fsp3) is 0.278. The maximum atomic E-state index is 13.2. The van der Waals surface area contributed by atoms with E-state index in [-0.39, 0.29) is 16.5 Å². The topological polar surface area (TPSA) is 55.2 Å². The molecule has 1 aliphatic rings. The van der Waals surface area contributed by atoms with Crippen molar-refractivity contribution in [3.05, 3.63) is 50.7 Å². The van der Waals surface area contributed by atoms with Crippen LogP contribution in [0.4, 0.5) is 22.0 Å². The van der Waals surface area contributed by atoms with Crippen LogP contribution in [0.2, 0.25) is 5.02 Å². The Bertz CT molecular complexity index is 1210. The van der Waals surface area contributed by atoms with Gasteiger partial charge in [-0.3, -0.25) is 9.59 Å². The molecule has 1 aromatic carbocycles. The summed E-state index contributed by atoms with van der Waals surface area (Å²) in [7, 11) is 0. The molecule has 12 heteroatoms. The van der Waals surface area contributed by atoms with E-state index in [1.165, 1.54) is 17.6 Å². The average molecular weight is 464 g/mol. The molecule has 0 N–H and O–H groups in total. The van der Waals surface area contributed by atoms with Crippen molar-refractivity contribution >= 4 is 38.9 Å². The molecule has 5 nitrogen and oxygen atoms in total. The Morgan fingerprint density at radius 1 is 1.27 bits per heavy atom. The molecule has 3 heterocycles. The highest BCUT2D eigenvalue weighted by atomic mass is 35.5. The van der Waals surface area contributed by atoms with Crippen molar-refractivity contribution in [3.63, 3.8) is 0 Å². The van der Waals surface area contributed by atoms with Crippen molar-refractivity contribution in [3.8, 4) is 11.1 Å². The van der Waals surface area contributed by atoms with E-state index in [9.17, 15) is 31.5 Å². The van der Waals surface area contributed by atoms with Gasteiger partial charge in [-0.1, -0.05) is 17.7 Å². The van der Waals surface area contributed by atoms with E-state index in [1.807, 2.05) is 0 Å². The molecule has 1 aliphatic heterocycles. The van der Waals surface area contributed by atoms with Crippen molar-refractivity contribution in [2.75, 3.05) is 13.1 Å². The molecular formula is C18H11ClF5N3O2S. The number of benzene rings is 1. The van der Waals surface area contributed by atoms with Crippen LogP contribution in [0.25, 0.3) is 21.2 Å². The first-order valence-electron chi connectivity index (χ1n) is 8.46. The fourth-order valence-corrected chi connectivity index (χ4v) is 4.29. The first-order chi connectivity index (χ1) is 14.0. The smallest absolute Gasteiger partial charge is 0.329 e. The van der Waals surface area contributed by atoms with E-state index in [0.29, 0.717) is 4.70 Å². The molecule has 1 amide bonds. The number of aromatic nitrogens is 2. The summed E-state index contributed by atoms with van der Waals surface area (Å²) in [5.74, 6) is -3.64. The molecule has 2 aromatic heterocycles. The fourth-order valence-electron chi connectivity index (χ4n) is 3.14. The van der Waals surface area contributed by atoms with Crippen LogP contribution in [0.5, 0.6) is 0 Å². The number of fused-ring (bicyclic) bond motifs is 1. The molecule has 0 unspecified atom stereocenters. The number of halogens is 6. The molecule has 1 fully saturated rings. The Kier molecular flexibility index (Phi) is 4.85. The van der Waals surface area contributed by atoms with Crippen LogP contribution in [-0.2, 0) is 17.5 Å².